The molecule has 9 heteroatoms. The number of anilines is 1. The van der Waals surface area contributed by atoms with Crippen molar-refractivity contribution in [2.45, 2.75) is 31.5 Å². The molecule has 3 aliphatic heterocycles. The second kappa shape index (κ2) is 6.71. The molecule has 2 atom stereocenters. The number of fused-ring (bicyclic) bond motifs is 2. The lowest BCUT2D eigenvalue weighted by molar-refractivity contribution is -0.143. The van der Waals surface area contributed by atoms with Crippen molar-refractivity contribution in [2.75, 3.05) is 24.6 Å². The monoisotopic (exact) mass is 425 g/mol. The third-order valence-corrected chi connectivity index (χ3v) is 6.89. The number of rotatable bonds is 2. The van der Waals surface area contributed by atoms with E-state index in [1.165, 1.54) is 12.1 Å². The molecule has 0 saturated carbocycles. The summed E-state index contributed by atoms with van der Waals surface area (Å²) in [5.74, 6) is -0.339. The fourth-order valence-electron chi connectivity index (χ4n) is 5.41. The number of carbonyl (C=O) groups is 1. The van der Waals surface area contributed by atoms with E-state index in [1.54, 1.807) is 17.3 Å². The molecule has 3 aromatic rings. The van der Waals surface area contributed by atoms with Gasteiger partial charge >= 0.3 is 0 Å². The molecule has 160 valence electrons. The molecule has 1 amide bonds. The SMILES string of the molecule is O=C1N2[C@@H](CO[C@H]2c2cc(F)cc(F)c2)CC12CCN(c1ccnc3ccnn13)CC2. The van der Waals surface area contributed by atoms with Crippen LogP contribution >= 0.6 is 0 Å². The normalized spacial score (nSPS) is 25.0. The molecule has 0 bridgehead atoms. The smallest absolute Gasteiger partial charge is 0.231 e. The van der Waals surface area contributed by atoms with Gasteiger partial charge in [-0.15, -0.1) is 0 Å². The summed E-state index contributed by atoms with van der Waals surface area (Å²) in [7, 11) is 0. The Kier molecular flexibility index (Phi) is 4.05. The minimum absolute atomic E-state index is 0.0308. The molecule has 3 saturated heterocycles. The van der Waals surface area contributed by atoms with Crippen LogP contribution in [0.5, 0.6) is 0 Å². The summed E-state index contributed by atoms with van der Waals surface area (Å²) in [6.45, 7) is 1.84. The van der Waals surface area contributed by atoms with Gasteiger partial charge in [-0.05, 0) is 37.5 Å². The first kappa shape index (κ1) is 18.7. The Morgan fingerprint density at radius 2 is 1.84 bits per heavy atom. The molecule has 3 fully saturated rings. The maximum Gasteiger partial charge on any atom is 0.231 e. The first-order valence-corrected chi connectivity index (χ1v) is 10.5. The van der Waals surface area contributed by atoms with Crippen molar-refractivity contribution in [1.29, 1.82) is 0 Å². The summed E-state index contributed by atoms with van der Waals surface area (Å²) in [5, 5.41) is 4.36. The van der Waals surface area contributed by atoms with Crippen LogP contribution in [0.2, 0.25) is 0 Å². The third-order valence-electron chi connectivity index (χ3n) is 6.89. The minimum Gasteiger partial charge on any atom is -0.356 e. The highest BCUT2D eigenvalue weighted by atomic mass is 19.1. The Bertz CT molecular complexity index is 1150. The van der Waals surface area contributed by atoms with E-state index in [0.717, 1.165) is 30.6 Å². The fourth-order valence-corrected chi connectivity index (χ4v) is 5.41. The summed E-state index contributed by atoms with van der Waals surface area (Å²) >= 11 is 0. The Morgan fingerprint density at radius 1 is 1.06 bits per heavy atom. The van der Waals surface area contributed by atoms with Crippen molar-refractivity contribution in [3.63, 3.8) is 0 Å². The molecular weight excluding hydrogens is 404 g/mol. The van der Waals surface area contributed by atoms with Gasteiger partial charge in [-0.2, -0.15) is 9.61 Å². The fraction of sp³-hybridized carbons (Fsp3) is 0.409. The van der Waals surface area contributed by atoms with Crippen molar-refractivity contribution >= 4 is 17.4 Å². The lowest BCUT2D eigenvalue weighted by atomic mass is 9.76. The Morgan fingerprint density at radius 3 is 2.61 bits per heavy atom. The van der Waals surface area contributed by atoms with E-state index in [9.17, 15) is 13.6 Å². The molecule has 7 nitrogen and oxygen atoms in total. The predicted molar refractivity (Wildman–Crippen MR) is 107 cm³/mol. The molecule has 1 aromatic carbocycles. The van der Waals surface area contributed by atoms with E-state index in [0.29, 0.717) is 31.4 Å². The van der Waals surface area contributed by atoms with E-state index in [-0.39, 0.29) is 11.9 Å². The number of amides is 1. The predicted octanol–water partition coefficient (Wildman–Crippen LogP) is 2.92. The van der Waals surface area contributed by atoms with Gasteiger partial charge in [0.1, 0.15) is 17.5 Å². The van der Waals surface area contributed by atoms with Crippen molar-refractivity contribution < 1.29 is 18.3 Å². The van der Waals surface area contributed by atoms with Gasteiger partial charge in [-0.1, -0.05) is 0 Å². The molecule has 6 rings (SSSR count). The average molecular weight is 425 g/mol. The molecule has 5 heterocycles. The van der Waals surface area contributed by atoms with Gasteiger partial charge in [0.05, 0.1) is 24.3 Å². The molecule has 0 radical (unpaired) electrons. The number of nitrogens with zero attached hydrogens (tertiary/aromatic N) is 5. The zero-order valence-corrected chi connectivity index (χ0v) is 16.7. The van der Waals surface area contributed by atoms with E-state index in [4.69, 9.17) is 4.74 Å². The van der Waals surface area contributed by atoms with Gasteiger partial charge in [0, 0.05) is 37.0 Å². The zero-order valence-electron chi connectivity index (χ0n) is 16.7. The number of piperidine rings is 1. The quantitative estimate of drug-likeness (QED) is 0.632. The van der Waals surface area contributed by atoms with Crippen LogP contribution in [0.15, 0.2) is 42.7 Å². The largest absolute Gasteiger partial charge is 0.356 e. The number of aromatic nitrogens is 3. The van der Waals surface area contributed by atoms with Crippen molar-refractivity contribution in [2.24, 2.45) is 5.41 Å². The minimum atomic E-state index is -0.732. The van der Waals surface area contributed by atoms with Crippen LogP contribution in [-0.4, -0.2) is 51.1 Å². The van der Waals surface area contributed by atoms with Gasteiger partial charge < -0.3 is 14.5 Å². The molecule has 3 aliphatic rings. The molecule has 0 N–H and O–H groups in total. The van der Waals surface area contributed by atoms with Gasteiger partial charge in [-0.3, -0.25) is 4.79 Å². The zero-order chi connectivity index (χ0) is 21.2. The number of benzene rings is 1. The summed E-state index contributed by atoms with van der Waals surface area (Å²) in [6.07, 6.45) is 4.91. The van der Waals surface area contributed by atoms with Crippen LogP contribution in [0.25, 0.3) is 5.65 Å². The van der Waals surface area contributed by atoms with Crippen LogP contribution in [0.3, 0.4) is 0 Å². The maximum absolute atomic E-state index is 13.7. The topological polar surface area (TPSA) is 63.0 Å². The van der Waals surface area contributed by atoms with Crippen molar-refractivity contribution in [1.82, 2.24) is 19.5 Å². The van der Waals surface area contributed by atoms with Gasteiger partial charge in [-0.25, -0.2) is 13.8 Å². The van der Waals surface area contributed by atoms with Crippen LogP contribution < -0.4 is 4.90 Å². The van der Waals surface area contributed by atoms with Gasteiger partial charge in [0.15, 0.2) is 11.9 Å². The van der Waals surface area contributed by atoms with Crippen molar-refractivity contribution in [3.8, 4) is 0 Å². The third kappa shape index (κ3) is 2.83. The standard InChI is InChI=1S/C22H21F2N5O2/c23-15-9-14(10-16(24)11-15)20-28-17(13-31-20)12-22(21(28)30)3-7-27(8-4-22)19-2-5-25-18-1-6-26-29(18)19/h1-2,5-6,9-11,17,20H,3-4,7-8,12-13H2/t17-,20+/m1/s1. The lowest BCUT2D eigenvalue weighted by Crippen LogP contribution is -2.45. The summed E-state index contributed by atoms with van der Waals surface area (Å²) in [6, 6.07) is 7.06. The van der Waals surface area contributed by atoms with Crippen LogP contribution in [-0.2, 0) is 9.53 Å². The first-order valence-electron chi connectivity index (χ1n) is 10.5. The molecule has 0 unspecified atom stereocenters. The van der Waals surface area contributed by atoms with Gasteiger partial charge in [0.25, 0.3) is 0 Å². The lowest BCUT2D eigenvalue weighted by Gasteiger charge is -2.39. The van der Waals surface area contributed by atoms with E-state index in [1.807, 2.05) is 16.6 Å². The molecule has 0 aliphatic carbocycles. The van der Waals surface area contributed by atoms with Crippen LogP contribution in [0, 0.1) is 17.0 Å². The highest BCUT2D eigenvalue weighted by Gasteiger charge is 2.57. The van der Waals surface area contributed by atoms with E-state index >= 15 is 0 Å². The molecule has 1 spiro atoms. The molecular formula is C22H21F2N5O2. The summed E-state index contributed by atoms with van der Waals surface area (Å²) in [4.78, 5) is 21.8. The average Bonchev–Trinajstić information content (AvgIpc) is 3.45. The Labute approximate surface area is 177 Å². The number of hydrogen-bond donors (Lipinski definition) is 0. The van der Waals surface area contributed by atoms with E-state index < -0.39 is 23.3 Å². The number of ether oxygens (including phenoxy) is 1. The number of halogens is 2. The van der Waals surface area contributed by atoms with Crippen LogP contribution in [0.1, 0.15) is 31.1 Å². The number of hydrogen-bond acceptors (Lipinski definition) is 5. The van der Waals surface area contributed by atoms with Gasteiger partial charge in [0.2, 0.25) is 5.91 Å². The summed E-state index contributed by atoms with van der Waals surface area (Å²) < 4.78 is 35.1. The Balaban J connectivity index is 1.24. The van der Waals surface area contributed by atoms with Crippen molar-refractivity contribution in [3.05, 3.63) is 59.9 Å². The first-order chi connectivity index (χ1) is 15.0. The van der Waals surface area contributed by atoms with Crippen LogP contribution in [0.4, 0.5) is 14.6 Å². The van der Waals surface area contributed by atoms with E-state index in [2.05, 4.69) is 15.0 Å². The second-order valence-electron chi connectivity index (χ2n) is 8.63. The second-order valence-corrected chi connectivity index (χ2v) is 8.63. The highest BCUT2D eigenvalue weighted by Crippen LogP contribution is 2.50. The maximum atomic E-state index is 13.7. The highest BCUT2D eigenvalue weighted by molar-refractivity contribution is 5.86. The Hall–Kier alpha value is -3.07. The molecule has 31 heavy (non-hydrogen) atoms. The summed E-state index contributed by atoms with van der Waals surface area (Å²) in [5.41, 5.74) is 0.684. The molecule has 2 aromatic heterocycles. The number of carbonyl (C=O) groups excluding carboxylic acids is 1.